The first kappa shape index (κ1) is 14.2. The zero-order valence-electron chi connectivity index (χ0n) is 10.4. The van der Waals surface area contributed by atoms with Crippen molar-refractivity contribution >= 4 is 15.7 Å². The third kappa shape index (κ3) is 5.35. The molecule has 0 spiro atoms. The van der Waals surface area contributed by atoms with E-state index in [1.54, 1.807) is 24.0 Å². The Morgan fingerprint density at radius 3 is 2.47 bits per heavy atom. The summed E-state index contributed by atoms with van der Waals surface area (Å²) in [5, 5.41) is 0. The largest absolute Gasteiger partial charge is 0.343 e. The lowest BCUT2D eigenvalue weighted by Crippen LogP contribution is -2.36. The van der Waals surface area contributed by atoms with Gasteiger partial charge in [0.1, 0.15) is 0 Å². The van der Waals surface area contributed by atoms with E-state index in [1.165, 1.54) is 6.42 Å². The van der Waals surface area contributed by atoms with E-state index in [0.29, 0.717) is 0 Å². The summed E-state index contributed by atoms with van der Waals surface area (Å²) in [5.74, 6) is -0.0162. The summed E-state index contributed by atoms with van der Waals surface area (Å²) >= 11 is 0. The first-order chi connectivity index (χ1) is 8.05. The number of rotatable bonds is 5. The van der Waals surface area contributed by atoms with Crippen LogP contribution in [0.2, 0.25) is 0 Å². The van der Waals surface area contributed by atoms with Crippen molar-refractivity contribution in [2.45, 2.75) is 32.6 Å². The molecule has 0 N–H and O–H groups in total. The van der Waals surface area contributed by atoms with E-state index in [4.69, 9.17) is 0 Å². The fourth-order valence-corrected chi connectivity index (χ4v) is 3.01. The van der Waals surface area contributed by atoms with Crippen LogP contribution in [0.3, 0.4) is 0 Å². The van der Waals surface area contributed by atoms with Gasteiger partial charge in [0.25, 0.3) is 0 Å². The monoisotopic (exact) mass is 259 g/mol. The predicted molar refractivity (Wildman–Crippen MR) is 68.5 cm³/mol. The van der Waals surface area contributed by atoms with Gasteiger partial charge in [0, 0.05) is 19.5 Å². The first-order valence-corrected chi connectivity index (χ1v) is 7.96. The number of likely N-dealkylation sites (tertiary alicyclic amines) is 1. The van der Waals surface area contributed by atoms with E-state index in [0.717, 1.165) is 25.9 Å². The Morgan fingerprint density at radius 2 is 1.88 bits per heavy atom. The van der Waals surface area contributed by atoms with Crippen molar-refractivity contribution in [1.29, 1.82) is 0 Å². The lowest BCUT2D eigenvalue weighted by molar-refractivity contribution is -0.131. The van der Waals surface area contributed by atoms with Crippen LogP contribution in [0.4, 0.5) is 0 Å². The third-order valence-electron chi connectivity index (χ3n) is 2.92. The Kier molecular flexibility index (Phi) is 5.68. The van der Waals surface area contributed by atoms with Crippen LogP contribution < -0.4 is 0 Å². The van der Waals surface area contributed by atoms with Crippen LogP contribution in [0.5, 0.6) is 0 Å². The van der Waals surface area contributed by atoms with Crippen LogP contribution >= 0.6 is 0 Å². The van der Waals surface area contributed by atoms with E-state index in [1.807, 2.05) is 0 Å². The molecule has 0 aliphatic carbocycles. The second-order valence-corrected chi connectivity index (χ2v) is 6.60. The Morgan fingerprint density at radius 1 is 1.24 bits per heavy atom. The van der Waals surface area contributed by atoms with E-state index in [9.17, 15) is 13.2 Å². The van der Waals surface area contributed by atoms with Gasteiger partial charge in [-0.2, -0.15) is 0 Å². The van der Waals surface area contributed by atoms with Crippen LogP contribution in [0.1, 0.15) is 32.6 Å². The molecule has 0 bridgehead atoms. The number of amides is 1. The second-order valence-electron chi connectivity index (χ2n) is 4.37. The summed E-state index contributed by atoms with van der Waals surface area (Å²) in [6, 6.07) is 0. The molecule has 0 aromatic rings. The molecule has 1 fully saturated rings. The molecule has 17 heavy (non-hydrogen) atoms. The Balaban J connectivity index is 2.36. The van der Waals surface area contributed by atoms with Gasteiger partial charge in [-0.15, -0.1) is 0 Å². The molecule has 5 heteroatoms. The van der Waals surface area contributed by atoms with Crippen LogP contribution in [-0.2, 0) is 14.6 Å². The number of carbonyl (C=O) groups excluding carboxylic acids is 1. The summed E-state index contributed by atoms with van der Waals surface area (Å²) in [6.45, 7) is 3.36. The Labute approximate surface area is 104 Å². The molecule has 0 atom stereocenters. The van der Waals surface area contributed by atoms with Crippen LogP contribution in [-0.4, -0.2) is 43.8 Å². The molecule has 1 heterocycles. The highest BCUT2D eigenvalue weighted by atomic mass is 32.2. The molecule has 1 amide bonds. The van der Waals surface area contributed by atoms with Gasteiger partial charge >= 0.3 is 0 Å². The zero-order chi connectivity index (χ0) is 12.7. The molecule has 98 valence electrons. The maximum atomic E-state index is 11.8. The first-order valence-electron chi connectivity index (χ1n) is 6.14. The molecular weight excluding hydrogens is 238 g/mol. The van der Waals surface area contributed by atoms with Crippen molar-refractivity contribution < 1.29 is 13.2 Å². The molecule has 0 saturated carbocycles. The fourth-order valence-electron chi connectivity index (χ4n) is 1.87. The molecule has 0 unspecified atom stereocenters. The standard InChI is InChI=1S/C12H21NO3S/c1-2-3-10-17(15,16)11-7-12(14)13-8-5-4-6-9-13/h2-3H,4-11H2,1H3/b3-2+. The fraction of sp³-hybridized carbons (Fsp3) is 0.750. The summed E-state index contributed by atoms with van der Waals surface area (Å²) in [6.07, 6.45) is 6.70. The van der Waals surface area contributed by atoms with Crippen LogP contribution in [0.15, 0.2) is 12.2 Å². The molecule has 0 radical (unpaired) electrons. The third-order valence-corrected chi connectivity index (χ3v) is 4.45. The SMILES string of the molecule is C/C=C/CS(=O)(=O)CCC(=O)N1CCCCC1. The minimum Gasteiger partial charge on any atom is -0.343 e. The number of hydrogen-bond donors (Lipinski definition) is 0. The highest BCUT2D eigenvalue weighted by molar-refractivity contribution is 7.91. The van der Waals surface area contributed by atoms with Crippen molar-refractivity contribution in [3.05, 3.63) is 12.2 Å². The number of hydrogen-bond acceptors (Lipinski definition) is 3. The molecule has 0 aromatic carbocycles. The van der Waals surface area contributed by atoms with Crippen molar-refractivity contribution in [1.82, 2.24) is 4.90 Å². The number of allylic oxidation sites excluding steroid dienone is 1. The Hall–Kier alpha value is -0.840. The molecular formula is C12H21NO3S. The molecule has 0 aromatic heterocycles. The van der Waals surface area contributed by atoms with Gasteiger partial charge in [-0.25, -0.2) is 8.42 Å². The van der Waals surface area contributed by atoms with E-state index < -0.39 is 9.84 Å². The minimum absolute atomic E-state index is 0.0197. The maximum absolute atomic E-state index is 11.8. The van der Waals surface area contributed by atoms with Gasteiger partial charge in [-0.05, 0) is 26.2 Å². The molecule has 1 aliphatic rings. The van der Waals surface area contributed by atoms with Gasteiger partial charge in [-0.3, -0.25) is 4.79 Å². The number of nitrogens with zero attached hydrogens (tertiary/aromatic N) is 1. The number of carbonyl (C=O) groups is 1. The quantitative estimate of drug-likeness (QED) is 0.701. The normalized spacial score (nSPS) is 17.6. The highest BCUT2D eigenvalue weighted by Gasteiger charge is 2.18. The number of piperidine rings is 1. The van der Waals surface area contributed by atoms with Crippen molar-refractivity contribution in [2.24, 2.45) is 0 Å². The van der Waals surface area contributed by atoms with Crippen LogP contribution in [0.25, 0.3) is 0 Å². The lowest BCUT2D eigenvalue weighted by Gasteiger charge is -2.26. The van der Waals surface area contributed by atoms with E-state index in [2.05, 4.69) is 0 Å². The van der Waals surface area contributed by atoms with Crippen molar-refractivity contribution in [3.63, 3.8) is 0 Å². The summed E-state index contributed by atoms with van der Waals surface area (Å²) in [5.41, 5.74) is 0. The zero-order valence-corrected chi connectivity index (χ0v) is 11.2. The van der Waals surface area contributed by atoms with Crippen LogP contribution in [0, 0.1) is 0 Å². The van der Waals surface area contributed by atoms with Gasteiger partial charge in [-0.1, -0.05) is 12.2 Å². The van der Waals surface area contributed by atoms with E-state index >= 15 is 0 Å². The summed E-state index contributed by atoms with van der Waals surface area (Å²) < 4.78 is 23.1. The van der Waals surface area contributed by atoms with E-state index in [-0.39, 0.29) is 23.8 Å². The van der Waals surface area contributed by atoms with Gasteiger partial charge < -0.3 is 4.90 Å². The average molecular weight is 259 g/mol. The lowest BCUT2D eigenvalue weighted by atomic mass is 10.1. The molecule has 4 nitrogen and oxygen atoms in total. The molecule has 1 saturated heterocycles. The van der Waals surface area contributed by atoms with Crippen molar-refractivity contribution in [3.8, 4) is 0 Å². The van der Waals surface area contributed by atoms with Gasteiger partial charge in [0.2, 0.25) is 5.91 Å². The average Bonchev–Trinajstić information content (AvgIpc) is 2.35. The molecule has 1 rings (SSSR count). The van der Waals surface area contributed by atoms with Gasteiger partial charge in [0.15, 0.2) is 9.84 Å². The highest BCUT2D eigenvalue weighted by Crippen LogP contribution is 2.10. The second kappa shape index (κ2) is 6.79. The topological polar surface area (TPSA) is 54.5 Å². The minimum atomic E-state index is -3.11. The number of sulfone groups is 1. The molecule has 1 aliphatic heterocycles. The Bertz CT molecular complexity index is 367. The van der Waals surface area contributed by atoms with Crippen molar-refractivity contribution in [2.75, 3.05) is 24.6 Å². The predicted octanol–water partition coefficient (Wildman–Crippen LogP) is 1.38. The van der Waals surface area contributed by atoms with Gasteiger partial charge in [0.05, 0.1) is 11.5 Å². The summed E-state index contributed by atoms with van der Waals surface area (Å²) in [7, 11) is -3.11. The maximum Gasteiger partial charge on any atom is 0.223 e. The summed E-state index contributed by atoms with van der Waals surface area (Å²) in [4.78, 5) is 13.5. The smallest absolute Gasteiger partial charge is 0.223 e.